The number of esters is 2. The lowest BCUT2D eigenvalue weighted by Gasteiger charge is -2.25. The number of ether oxygens (including phenoxy) is 2. The van der Waals surface area contributed by atoms with Crippen molar-refractivity contribution >= 4 is 19.5 Å². The van der Waals surface area contributed by atoms with Crippen LogP contribution in [0.2, 0.25) is 0 Å². The van der Waals surface area contributed by atoms with Crippen LogP contribution in [0.4, 0.5) is 0 Å². The number of unbranched alkanes of at least 4 members (excludes halogenated alkanes) is 30. The highest BCUT2D eigenvalue weighted by molar-refractivity contribution is 7.52. The number of hydrogen-bond donors (Lipinski definition) is 0. The van der Waals surface area contributed by atoms with E-state index < -0.39 is 13.7 Å². The van der Waals surface area contributed by atoms with Crippen molar-refractivity contribution < 1.29 is 37.2 Å². The molecule has 0 saturated carbocycles. The van der Waals surface area contributed by atoms with Crippen LogP contribution in [0.15, 0.2) is 0 Å². The average molecular weight is 817 g/mol. The molecular weight excluding hydrogens is 721 g/mol. The molecule has 0 spiro atoms. The summed E-state index contributed by atoms with van der Waals surface area (Å²) >= 11 is 0. The zero-order chi connectivity index (χ0) is 41.4. The largest absolute Gasteiger partial charge is 0.462 e. The third kappa shape index (κ3) is 42.7. The maximum atomic E-state index is 12.9. The Labute approximate surface area is 348 Å². The summed E-state index contributed by atoms with van der Waals surface area (Å²) in [5.74, 6) is -0.636. The highest BCUT2D eigenvalue weighted by atomic mass is 31.2. The second-order valence-corrected chi connectivity index (χ2v) is 19.9. The molecule has 0 rings (SSSR count). The van der Waals surface area contributed by atoms with Gasteiger partial charge in [-0.05, 0) is 12.8 Å². The number of likely N-dealkylation sites (N-methyl/N-ethyl adjacent to an activating group) is 1. The van der Waals surface area contributed by atoms with E-state index in [1.807, 2.05) is 21.1 Å². The van der Waals surface area contributed by atoms with Crippen molar-refractivity contribution in [2.45, 2.75) is 238 Å². The molecular formula is C47H95NO7P+. The summed E-state index contributed by atoms with van der Waals surface area (Å²) in [6.07, 6.45) is 40.8. The molecule has 0 aliphatic heterocycles. The molecule has 8 nitrogen and oxygen atoms in total. The van der Waals surface area contributed by atoms with Crippen LogP contribution in [0.1, 0.15) is 232 Å². The van der Waals surface area contributed by atoms with Crippen molar-refractivity contribution in [2.24, 2.45) is 0 Å². The second kappa shape index (κ2) is 39.5. The van der Waals surface area contributed by atoms with Gasteiger partial charge in [-0.1, -0.05) is 206 Å². The molecule has 0 amide bonds. The SMILES string of the molecule is CCCCCCCCCCCCCCCCCCC(=O)OC[C@H](CO[P@](C)(=O)OCC[N+](C)(C)C)OC(=O)CCCCCCCCCCCCCCCCCC. The Kier molecular flexibility index (Phi) is 38.8. The Hall–Kier alpha value is -0.950. The molecule has 0 bridgehead atoms. The zero-order valence-corrected chi connectivity index (χ0v) is 39.1. The van der Waals surface area contributed by atoms with E-state index in [1.54, 1.807) is 0 Å². The predicted octanol–water partition coefficient (Wildman–Crippen LogP) is 14.3. The van der Waals surface area contributed by atoms with Gasteiger partial charge in [0, 0.05) is 19.5 Å². The lowest BCUT2D eigenvalue weighted by molar-refractivity contribution is -0.870. The maximum Gasteiger partial charge on any atom is 0.327 e. The van der Waals surface area contributed by atoms with E-state index in [-0.39, 0.29) is 31.8 Å². The highest BCUT2D eigenvalue weighted by Gasteiger charge is 2.24. The fourth-order valence-electron chi connectivity index (χ4n) is 6.99. The van der Waals surface area contributed by atoms with Gasteiger partial charge in [-0.2, -0.15) is 0 Å². The van der Waals surface area contributed by atoms with Crippen molar-refractivity contribution in [1.29, 1.82) is 0 Å². The van der Waals surface area contributed by atoms with E-state index in [1.165, 1.54) is 174 Å². The van der Waals surface area contributed by atoms with Crippen LogP contribution >= 0.6 is 7.60 Å². The van der Waals surface area contributed by atoms with Crippen molar-refractivity contribution in [2.75, 3.05) is 54.2 Å². The van der Waals surface area contributed by atoms with Crippen LogP contribution in [-0.4, -0.2) is 76.7 Å². The van der Waals surface area contributed by atoms with E-state index in [0.29, 0.717) is 23.9 Å². The Morgan fingerprint density at radius 2 is 0.786 bits per heavy atom. The predicted molar refractivity (Wildman–Crippen MR) is 237 cm³/mol. The van der Waals surface area contributed by atoms with Crippen LogP contribution < -0.4 is 0 Å². The van der Waals surface area contributed by atoms with Crippen molar-refractivity contribution in [3.8, 4) is 0 Å². The van der Waals surface area contributed by atoms with Crippen LogP contribution in [0.5, 0.6) is 0 Å². The number of quaternary nitrogens is 1. The van der Waals surface area contributed by atoms with E-state index in [4.69, 9.17) is 18.5 Å². The minimum absolute atomic E-state index is 0.110. The van der Waals surface area contributed by atoms with Crippen LogP contribution in [0, 0.1) is 0 Å². The first-order chi connectivity index (χ1) is 27.0. The number of hydrogen-bond acceptors (Lipinski definition) is 7. The lowest BCUT2D eigenvalue weighted by atomic mass is 10.0. The van der Waals surface area contributed by atoms with Crippen molar-refractivity contribution in [1.82, 2.24) is 0 Å². The standard InChI is InChI=1S/C47H95NO7P/c1-7-9-11-13-15-17-19-21-23-25-27-29-31-33-35-37-39-46(49)52-43-45(44-54-56(6,51)53-42-41-48(3,4)5)55-47(50)40-38-36-34-32-30-28-26-24-22-20-18-16-14-12-10-8-2/h45H,7-44H2,1-6H3/q+1/t45-,56-/m1/s1. The van der Waals surface area contributed by atoms with Gasteiger partial charge in [-0.15, -0.1) is 0 Å². The molecule has 2 atom stereocenters. The van der Waals surface area contributed by atoms with E-state index in [2.05, 4.69) is 13.8 Å². The lowest BCUT2D eigenvalue weighted by Crippen LogP contribution is -2.37. The van der Waals surface area contributed by atoms with Gasteiger partial charge in [-0.3, -0.25) is 14.2 Å². The van der Waals surface area contributed by atoms with Crippen molar-refractivity contribution in [3.63, 3.8) is 0 Å². The smallest absolute Gasteiger partial charge is 0.327 e. The molecule has 0 aliphatic carbocycles. The molecule has 0 heterocycles. The fourth-order valence-corrected chi connectivity index (χ4v) is 7.92. The average Bonchev–Trinajstić information content (AvgIpc) is 3.15. The summed E-state index contributed by atoms with van der Waals surface area (Å²) in [6, 6.07) is 0. The minimum Gasteiger partial charge on any atom is -0.462 e. The van der Waals surface area contributed by atoms with Gasteiger partial charge in [0.2, 0.25) is 0 Å². The van der Waals surface area contributed by atoms with Crippen molar-refractivity contribution in [3.05, 3.63) is 0 Å². The number of nitrogens with zero attached hydrogens (tertiary/aromatic N) is 1. The molecule has 0 radical (unpaired) electrons. The topological polar surface area (TPSA) is 88.1 Å². The third-order valence-corrected chi connectivity index (χ3v) is 12.0. The van der Waals surface area contributed by atoms with E-state index in [9.17, 15) is 14.2 Å². The van der Waals surface area contributed by atoms with Gasteiger partial charge < -0.3 is 23.0 Å². The van der Waals surface area contributed by atoms with Gasteiger partial charge in [0.1, 0.15) is 19.8 Å². The number of carbonyl (C=O) groups excluding carboxylic acids is 2. The molecule has 0 fully saturated rings. The Morgan fingerprint density at radius 1 is 0.464 bits per heavy atom. The Morgan fingerprint density at radius 3 is 1.12 bits per heavy atom. The summed E-state index contributed by atoms with van der Waals surface area (Å²) in [7, 11) is 2.74. The second-order valence-electron chi connectivity index (χ2n) is 17.8. The maximum absolute atomic E-state index is 12.9. The molecule has 0 aromatic carbocycles. The molecule has 0 N–H and O–H groups in total. The Balaban J connectivity index is 4.26. The van der Waals surface area contributed by atoms with E-state index >= 15 is 0 Å². The zero-order valence-electron chi connectivity index (χ0n) is 38.2. The molecule has 9 heteroatoms. The third-order valence-electron chi connectivity index (χ3n) is 10.8. The minimum atomic E-state index is -3.37. The Bertz CT molecular complexity index is 925. The summed E-state index contributed by atoms with van der Waals surface area (Å²) in [5, 5.41) is 0. The molecule has 0 aliphatic rings. The molecule has 0 aromatic rings. The summed E-state index contributed by atoms with van der Waals surface area (Å²) in [4.78, 5) is 25.3. The first kappa shape index (κ1) is 55.0. The molecule has 0 aromatic heterocycles. The molecule has 0 unspecified atom stereocenters. The quantitative estimate of drug-likeness (QED) is 0.0262. The molecule has 56 heavy (non-hydrogen) atoms. The van der Waals surface area contributed by atoms with Crippen LogP contribution in [0.3, 0.4) is 0 Å². The van der Waals surface area contributed by atoms with Gasteiger partial charge in [-0.25, -0.2) is 0 Å². The number of carbonyl (C=O) groups is 2. The van der Waals surface area contributed by atoms with Crippen LogP contribution in [0.25, 0.3) is 0 Å². The van der Waals surface area contributed by atoms with Gasteiger partial charge in [0.15, 0.2) is 6.10 Å². The summed E-state index contributed by atoms with van der Waals surface area (Å²) in [6.45, 7) is 6.69. The van der Waals surface area contributed by atoms with E-state index in [0.717, 1.165) is 38.5 Å². The molecule has 334 valence electrons. The highest BCUT2D eigenvalue weighted by Crippen LogP contribution is 2.43. The first-order valence-corrected chi connectivity index (χ1v) is 26.0. The van der Waals surface area contributed by atoms with Crippen LogP contribution in [-0.2, 0) is 32.7 Å². The molecule has 0 saturated heterocycles. The van der Waals surface area contributed by atoms with Gasteiger partial charge in [0.25, 0.3) is 0 Å². The summed E-state index contributed by atoms with van der Waals surface area (Å²) < 4.78 is 36.0. The van der Waals surface area contributed by atoms with Gasteiger partial charge in [0.05, 0.1) is 27.7 Å². The number of rotatable bonds is 44. The first-order valence-electron chi connectivity index (χ1n) is 24.0. The van der Waals surface area contributed by atoms with Gasteiger partial charge >= 0.3 is 19.5 Å². The fraction of sp³-hybridized carbons (Fsp3) is 0.957. The summed E-state index contributed by atoms with van der Waals surface area (Å²) in [5.41, 5.74) is 0. The normalized spacial score (nSPS) is 13.5. The monoisotopic (exact) mass is 817 g/mol.